The lowest BCUT2D eigenvalue weighted by Crippen LogP contribution is -2.60. The lowest BCUT2D eigenvalue weighted by molar-refractivity contribution is -0.143. The van der Waals surface area contributed by atoms with Crippen molar-refractivity contribution in [1.29, 1.82) is 0 Å². The van der Waals surface area contributed by atoms with Gasteiger partial charge in [0.1, 0.15) is 29.3 Å². The minimum Gasteiger partial charge on any atom is -0.444 e. The minimum atomic E-state index is -3.92. The highest BCUT2D eigenvalue weighted by Gasteiger charge is 2.62. The molecule has 2 aliphatic carbocycles. The van der Waals surface area contributed by atoms with E-state index in [0.29, 0.717) is 18.5 Å². The second kappa shape index (κ2) is 14.1. The molecule has 0 spiro atoms. The van der Waals surface area contributed by atoms with E-state index in [2.05, 4.69) is 27.3 Å². The smallest absolute Gasteiger partial charge is 0.411 e. The summed E-state index contributed by atoms with van der Waals surface area (Å²) in [6.45, 7) is 19.8. The van der Waals surface area contributed by atoms with E-state index in [4.69, 9.17) is 9.47 Å². The van der Waals surface area contributed by atoms with Crippen molar-refractivity contribution in [3.8, 4) is 0 Å². The third-order valence-electron chi connectivity index (χ3n) is 9.12. The fourth-order valence-corrected chi connectivity index (χ4v) is 7.53. The molecule has 1 aromatic rings. The Morgan fingerprint density at radius 2 is 1.61 bits per heavy atom. The molecule has 282 valence electrons. The molecule has 2 unspecified atom stereocenters. The van der Waals surface area contributed by atoms with Crippen LogP contribution < -0.4 is 20.7 Å². The Kier molecular flexibility index (Phi) is 11.0. The molecule has 1 aliphatic heterocycles. The van der Waals surface area contributed by atoms with Gasteiger partial charge in [-0.1, -0.05) is 65.8 Å². The monoisotopic (exact) mass is 731 g/mol. The highest BCUT2D eigenvalue weighted by Crippen LogP contribution is 2.45. The maximum atomic E-state index is 14.3. The summed E-state index contributed by atoms with van der Waals surface area (Å²) in [5.74, 6) is -2.82. The summed E-state index contributed by atoms with van der Waals surface area (Å²) < 4.78 is 38.6. The van der Waals surface area contributed by atoms with E-state index >= 15 is 0 Å². The maximum Gasteiger partial charge on any atom is 0.411 e. The maximum absolute atomic E-state index is 14.3. The number of alkyl carbamates (subject to hydrolysis) is 1. The van der Waals surface area contributed by atoms with Crippen LogP contribution in [0.4, 0.5) is 15.3 Å². The van der Waals surface area contributed by atoms with Gasteiger partial charge in [0.15, 0.2) is 0 Å². The van der Waals surface area contributed by atoms with E-state index in [9.17, 15) is 32.4 Å². The van der Waals surface area contributed by atoms with Crippen LogP contribution in [0.3, 0.4) is 0 Å². The van der Waals surface area contributed by atoms with E-state index < -0.39 is 85.8 Å². The van der Waals surface area contributed by atoms with Gasteiger partial charge in [0.2, 0.25) is 21.8 Å². The molecule has 0 radical (unpaired) electrons. The van der Waals surface area contributed by atoms with Gasteiger partial charge in [-0.05, 0) is 62.5 Å². The fraction of sp³-hybridized carbons (Fsp3) is 0.639. The number of nitrogens with one attached hydrogen (secondary N) is 4. The van der Waals surface area contributed by atoms with Gasteiger partial charge >= 0.3 is 12.2 Å². The van der Waals surface area contributed by atoms with Gasteiger partial charge in [-0.2, -0.15) is 0 Å². The van der Waals surface area contributed by atoms with E-state index in [1.165, 1.54) is 11.0 Å². The summed E-state index contributed by atoms with van der Waals surface area (Å²) >= 11 is 0. The standard InChI is InChI=1S/C36H53N5O9S/c1-11-21-19-36(21,30(44)40-51(47,48)23-16-17-23)39-28(42)26-18-22(49-31(45)37-25-15-13-12-14-24(25)33(2,3)4)20-41(26)29(43)27(34(5,6)7)38-32(46)50-35(8,9)10/h11-15,21-23,26-27H,1,16-20H2,2-10H3,(H,37,45)(H,38,46)(H,39,42)(H,40,44)/t21?,22-,26+,27-,36?/m1/s1. The van der Waals surface area contributed by atoms with Crippen molar-refractivity contribution in [2.24, 2.45) is 11.3 Å². The van der Waals surface area contributed by atoms with Crippen molar-refractivity contribution in [1.82, 2.24) is 20.3 Å². The molecular weight excluding hydrogens is 678 g/mol. The zero-order valence-corrected chi connectivity index (χ0v) is 31.9. The van der Waals surface area contributed by atoms with Gasteiger partial charge in [0.25, 0.3) is 5.91 Å². The van der Waals surface area contributed by atoms with Gasteiger partial charge in [0, 0.05) is 18.0 Å². The van der Waals surface area contributed by atoms with Crippen molar-refractivity contribution < 1.29 is 41.9 Å². The molecule has 4 rings (SSSR count). The van der Waals surface area contributed by atoms with Gasteiger partial charge < -0.3 is 25.0 Å². The lowest BCUT2D eigenvalue weighted by atomic mass is 9.85. The number of likely N-dealkylation sites (tertiary alicyclic amines) is 1. The summed E-state index contributed by atoms with van der Waals surface area (Å²) in [4.78, 5) is 69.2. The average Bonchev–Trinajstić information content (AvgIpc) is 3.90. The largest absolute Gasteiger partial charge is 0.444 e. The SMILES string of the molecule is C=CC1CC1(NC(=O)[C@@H]1C[C@@H](OC(=O)Nc2ccccc2C(C)(C)C)CN1C(=O)[C@@H](NC(=O)OC(C)(C)C)C(C)(C)C)C(=O)NS(=O)(=O)C1CC1. The molecule has 5 amide bonds. The lowest BCUT2D eigenvalue weighted by Gasteiger charge is -2.36. The van der Waals surface area contributed by atoms with Crippen LogP contribution in [-0.2, 0) is 39.3 Å². The first kappa shape index (κ1) is 39.6. The number of rotatable bonds is 10. The number of amides is 5. The van der Waals surface area contributed by atoms with Crippen LogP contribution in [0.1, 0.15) is 93.6 Å². The van der Waals surface area contributed by atoms with Gasteiger partial charge in [-0.3, -0.25) is 24.4 Å². The number of para-hydroxylation sites is 1. The molecule has 51 heavy (non-hydrogen) atoms. The van der Waals surface area contributed by atoms with Gasteiger partial charge in [-0.15, -0.1) is 6.58 Å². The van der Waals surface area contributed by atoms with Crippen molar-refractivity contribution in [3.05, 3.63) is 42.5 Å². The molecule has 14 nitrogen and oxygen atoms in total. The first-order valence-corrected chi connectivity index (χ1v) is 18.8. The van der Waals surface area contributed by atoms with Crippen LogP contribution in [0.2, 0.25) is 0 Å². The number of nitrogens with zero attached hydrogens (tertiary/aromatic N) is 1. The Morgan fingerprint density at radius 3 is 2.14 bits per heavy atom. The van der Waals surface area contributed by atoms with Gasteiger partial charge in [0.05, 0.1) is 11.8 Å². The molecule has 1 aromatic carbocycles. The van der Waals surface area contributed by atoms with Crippen molar-refractivity contribution in [3.63, 3.8) is 0 Å². The first-order valence-electron chi connectivity index (χ1n) is 17.3. The highest BCUT2D eigenvalue weighted by molar-refractivity contribution is 7.91. The van der Waals surface area contributed by atoms with Crippen LogP contribution in [0, 0.1) is 11.3 Å². The molecule has 0 bridgehead atoms. The Labute approximate surface area is 300 Å². The van der Waals surface area contributed by atoms with Crippen LogP contribution in [0.25, 0.3) is 0 Å². The van der Waals surface area contributed by atoms with Crippen LogP contribution >= 0.6 is 0 Å². The number of hydrogen-bond acceptors (Lipinski definition) is 9. The quantitative estimate of drug-likeness (QED) is 0.257. The Bertz CT molecular complexity index is 1670. The summed E-state index contributed by atoms with van der Waals surface area (Å²) in [6.07, 6.45) is -0.263. The number of hydrogen-bond donors (Lipinski definition) is 4. The predicted octanol–water partition coefficient (Wildman–Crippen LogP) is 4.11. The number of benzene rings is 1. The van der Waals surface area contributed by atoms with Crippen LogP contribution in [0.5, 0.6) is 0 Å². The molecule has 3 fully saturated rings. The molecule has 3 aliphatic rings. The predicted molar refractivity (Wildman–Crippen MR) is 191 cm³/mol. The number of carbonyl (C=O) groups excluding carboxylic acids is 5. The van der Waals surface area contributed by atoms with E-state index in [1.54, 1.807) is 53.7 Å². The van der Waals surface area contributed by atoms with Crippen LogP contribution in [0.15, 0.2) is 36.9 Å². The number of sulfonamides is 1. The zero-order valence-electron chi connectivity index (χ0n) is 31.0. The second-order valence-corrected chi connectivity index (χ2v) is 18.8. The van der Waals surface area contributed by atoms with E-state index in [0.717, 1.165) is 5.56 Å². The van der Waals surface area contributed by atoms with Gasteiger partial charge in [-0.25, -0.2) is 18.0 Å². The summed E-state index contributed by atoms with van der Waals surface area (Å²) in [7, 11) is -3.92. The molecule has 15 heteroatoms. The third-order valence-corrected chi connectivity index (χ3v) is 10.9. The topological polar surface area (TPSA) is 189 Å². The average molecular weight is 732 g/mol. The summed E-state index contributed by atoms with van der Waals surface area (Å²) in [5, 5.41) is 7.48. The molecule has 2 saturated carbocycles. The molecule has 4 N–H and O–H groups in total. The van der Waals surface area contributed by atoms with E-state index in [-0.39, 0.29) is 24.8 Å². The van der Waals surface area contributed by atoms with Crippen LogP contribution in [-0.4, -0.2) is 84.3 Å². The fourth-order valence-electron chi connectivity index (χ4n) is 6.17. The summed E-state index contributed by atoms with van der Waals surface area (Å²) in [5.41, 5.74) is -2.18. The first-order chi connectivity index (χ1) is 23.4. The van der Waals surface area contributed by atoms with E-state index in [1.807, 2.05) is 32.9 Å². The molecule has 1 heterocycles. The molecule has 0 aromatic heterocycles. The molecule has 5 atom stereocenters. The van der Waals surface area contributed by atoms with Crippen molar-refractivity contribution in [2.45, 2.75) is 128 Å². The summed E-state index contributed by atoms with van der Waals surface area (Å²) in [6, 6.07) is 4.87. The van der Waals surface area contributed by atoms with Crippen molar-refractivity contribution in [2.75, 3.05) is 11.9 Å². The number of carbonyl (C=O) groups is 5. The Balaban J connectivity index is 1.61. The highest BCUT2D eigenvalue weighted by atomic mass is 32.2. The molecule has 1 saturated heterocycles. The zero-order chi connectivity index (χ0) is 38.3. The molecular formula is C36H53N5O9S. The normalized spacial score (nSPS) is 24.1. The Morgan fingerprint density at radius 1 is 0.980 bits per heavy atom. The number of anilines is 1. The van der Waals surface area contributed by atoms with Crippen molar-refractivity contribution >= 4 is 45.6 Å². The third kappa shape index (κ3) is 9.60. The minimum absolute atomic E-state index is 0.106. The Hall–Kier alpha value is -4.14. The number of ether oxygens (including phenoxy) is 2. The second-order valence-electron chi connectivity index (χ2n) is 16.8.